The Morgan fingerprint density at radius 1 is 0.929 bits per heavy atom. The molecule has 1 heterocycles. The predicted molar refractivity (Wildman–Crippen MR) is 60.4 cm³/mol. The van der Waals surface area contributed by atoms with Crippen molar-refractivity contribution in [1.29, 1.82) is 0 Å². The number of unbranched alkanes of at least 4 members (excludes halogenated alkanes) is 2. The van der Waals surface area contributed by atoms with Gasteiger partial charge in [0.1, 0.15) is 13.1 Å². The van der Waals surface area contributed by atoms with Crippen LogP contribution in [0.15, 0.2) is 0 Å². The van der Waals surface area contributed by atoms with E-state index in [1.165, 1.54) is 56.3 Å². The van der Waals surface area contributed by atoms with Crippen molar-refractivity contribution in [3.8, 4) is 0 Å². The normalized spacial score (nSPS) is 21.0. The molecule has 0 radical (unpaired) electrons. The molecule has 0 spiro atoms. The first-order valence-corrected chi connectivity index (χ1v) is 6.26. The molecule has 2 nitrogen and oxygen atoms in total. The van der Waals surface area contributed by atoms with Crippen LogP contribution in [-0.4, -0.2) is 43.9 Å². The molecular weight excluding hydrogens is 174 g/mol. The smallest absolute Gasteiger partial charge is 0.102 e. The summed E-state index contributed by atoms with van der Waals surface area (Å²) < 4.78 is 6.80. The topological polar surface area (TPSA) is 9.23 Å². The average molecular weight is 200 g/mol. The monoisotopic (exact) mass is 200 g/mol. The van der Waals surface area contributed by atoms with Gasteiger partial charge in [-0.2, -0.15) is 0 Å². The van der Waals surface area contributed by atoms with E-state index in [1.54, 1.807) is 0 Å². The molecule has 14 heavy (non-hydrogen) atoms. The van der Waals surface area contributed by atoms with E-state index in [0.29, 0.717) is 0 Å². The van der Waals surface area contributed by atoms with E-state index in [9.17, 15) is 0 Å². The third-order valence-corrected chi connectivity index (χ3v) is 3.39. The highest BCUT2D eigenvalue weighted by atomic mass is 16.5. The number of rotatable bonds is 6. The summed E-state index contributed by atoms with van der Waals surface area (Å²) in [6.07, 6.45) is 5.41. The molecule has 0 amide bonds. The summed E-state index contributed by atoms with van der Waals surface area (Å²) in [6.45, 7) is 11.8. The summed E-state index contributed by atoms with van der Waals surface area (Å²) in [7, 11) is 0. The minimum absolute atomic E-state index is 0.980. The lowest BCUT2D eigenvalue weighted by atomic mass is 10.2. The van der Waals surface area contributed by atoms with Crippen LogP contribution in [0.5, 0.6) is 0 Å². The predicted octanol–water partition coefficient (Wildman–Crippen LogP) is 2.43. The van der Waals surface area contributed by atoms with Crippen molar-refractivity contribution < 1.29 is 9.22 Å². The molecule has 2 heteroatoms. The molecule has 1 fully saturated rings. The lowest BCUT2D eigenvalue weighted by Crippen LogP contribution is -2.56. The zero-order valence-corrected chi connectivity index (χ0v) is 9.93. The molecule has 1 rings (SSSR count). The van der Waals surface area contributed by atoms with Gasteiger partial charge in [-0.3, -0.25) is 0 Å². The highest BCUT2D eigenvalue weighted by Gasteiger charge is 2.28. The van der Waals surface area contributed by atoms with Gasteiger partial charge in [-0.15, -0.1) is 0 Å². The Kier molecular flexibility index (Phi) is 5.49. The van der Waals surface area contributed by atoms with Gasteiger partial charge in [0.25, 0.3) is 0 Å². The van der Waals surface area contributed by atoms with E-state index in [2.05, 4.69) is 13.8 Å². The Labute approximate surface area is 88.8 Å². The molecule has 84 valence electrons. The van der Waals surface area contributed by atoms with Gasteiger partial charge in [-0.1, -0.05) is 26.7 Å². The highest BCUT2D eigenvalue weighted by molar-refractivity contribution is 4.51. The van der Waals surface area contributed by atoms with Crippen molar-refractivity contribution in [3.63, 3.8) is 0 Å². The van der Waals surface area contributed by atoms with Crippen LogP contribution < -0.4 is 0 Å². The Morgan fingerprint density at radius 3 is 1.86 bits per heavy atom. The van der Waals surface area contributed by atoms with Gasteiger partial charge in [0.15, 0.2) is 0 Å². The van der Waals surface area contributed by atoms with E-state index in [1.807, 2.05) is 0 Å². The SMILES string of the molecule is CCCC[N+]1(CCCC)CCOCC1. The lowest BCUT2D eigenvalue weighted by Gasteiger charge is -2.41. The maximum atomic E-state index is 5.47. The standard InChI is InChI=1S/C12H26NO/c1-3-5-7-13(8-6-4-2)9-11-14-12-10-13/h3-12H2,1-2H3/q+1. The van der Waals surface area contributed by atoms with Crippen LogP contribution in [0.1, 0.15) is 39.5 Å². The van der Waals surface area contributed by atoms with Gasteiger partial charge in [0.2, 0.25) is 0 Å². The van der Waals surface area contributed by atoms with Crippen molar-refractivity contribution in [2.75, 3.05) is 39.4 Å². The fourth-order valence-electron chi connectivity index (χ4n) is 2.28. The molecule has 1 aliphatic heterocycles. The van der Waals surface area contributed by atoms with E-state index in [0.717, 1.165) is 13.2 Å². The maximum Gasteiger partial charge on any atom is 0.102 e. The molecule has 0 atom stereocenters. The number of quaternary nitrogens is 1. The third kappa shape index (κ3) is 3.58. The Balaban J connectivity index is 2.39. The van der Waals surface area contributed by atoms with Gasteiger partial charge < -0.3 is 9.22 Å². The minimum Gasteiger partial charge on any atom is -0.370 e. The minimum atomic E-state index is 0.980. The molecule has 0 aromatic heterocycles. The number of hydrogen-bond acceptors (Lipinski definition) is 1. The fourth-order valence-corrected chi connectivity index (χ4v) is 2.28. The Bertz CT molecular complexity index is 131. The van der Waals surface area contributed by atoms with Gasteiger partial charge in [0.05, 0.1) is 26.3 Å². The fraction of sp³-hybridized carbons (Fsp3) is 1.00. The molecule has 0 N–H and O–H groups in total. The zero-order valence-electron chi connectivity index (χ0n) is 9.93. The van der Waals surface area contributed by atoms with Crippen molar-refractivity contribution in [2.24, 2.45) is 0 Å². The van der Waals surface area contributed by atoms with Crippen molar-refractivity contribution in [3.05, 3.63) is 0 Å². The summed E-state index contributed by atoms with van der Waals surface area (Å²) in [6, 6.07) is 0. The number of ether oxygens (including phenoxy) is 1. The van der Waals surface area contributed by atoms with Gasteiger partial charge in [-0.05, 0) is 12.8 Å². The van der Waals surface area contributed by atoms with Crippen LogP contribution in [0.4, 0.5) is 0 Å². The number of morpholine rings is 1. The number of nitrogens with zero attached hydrogens (tertiary/aromatic N) is 1. The van der Waals surface area contributed by atoms with E-state index in [-0.39, 0.29) is 0 Å². The van der Waals surface area contributed by atoms with Crippen LogP contribution in [0.2, 0.25) is 0 Å². The Hall–Kier alpha value is -0.0800. The second-order valence-corrected chi connectivity index (χ2v) is 4.56. The van der Waals surface area contributed by atoms with E-state index < -0.39 is 0 Å². The zero-order chi connectivity index (χ0) is 10.3. The van der Waals surface area contributed by atoms with Crippen LogP contribution >= 0.6 is 0 Å². The van der Waals surface area contributed by atoms with E-state index >= 15 is 0 Å². The van der Waals surface area contributed by atoms with Gasteiger partial charge >= 0.3 is 0 Å². The molecule has 0 aliphatic carbocycles. The maximum absolute atomic E-state index is 5.47. The van der Waals surface area contributed by atoms with E-state index in [4.69, 9.17) is 4.74 Å². The number of hydrogen-bond donors (Lipinski definition) is 0. The lowest BCUT2D eigenvalue weighted by molar-refractivity contribution is -0.935. The molecule has 0 bridgehead atoms. The first-order valence-electron chi connectivity index (χ1n) is 6.26. The van der Waals surface area contributed by atoms with Crippen LogP contribution in [0.3, 0.4) is 0 Å². The first kappa shape index (κ1) is 12.0. The molecule has 0 unspecified atom stereocenters. The molecule has 1 aliphatic rings. The summed E-state index contributed by atoms with van der Waals surface area (Å²) in [5.74, 6) is 0. The largest absolute Gasteiger partial charge is 0.370 e. The second kappa shape index (κ2) is 6.41. The van der Waals surface area contributed by atoms with Crippen molar-refractivity contribution >= 4 is 0 Å². The van der Waals surface area contributed by atoms with Crippen molar-refractivity contribution in [2.45, 2.75) is 39.5 Å². The van der Waals surface area contributed by atoms with Crippen molar-refractivity contribution in [1.82, 2.24) is 0 Å². The summed E-state index contributed by atoms with van der Waals surface area (Å²) >= 11 is 0. The Morgan fingerprint density at radius 2 is 1.43 bits per heavy atom. The highest BCUT2D eigenvalue weighted by Crippen LogP contribution is 2.15. The summed E-state index contributed by atoms with van der Waals surface area (Å²) in [5, 5.41) is 0. The molecule has 0 saturated carbocycles. The second-order valence-electron chi connectivity index (χ2n) is 4.56. The summed E-state index contributed by atoms with van der Waals surface area (Å²) in [4.78, 5) is 0. The molecule has 0 aromatic rings. The molecule has 0 aromatic carbocycles. The summed E-state index contributed by atoms with van der Waals surface area (Å²) in [5.41, 5.74) is 0. The third-order valence-electron chi connectivity index (χ3n) is 3.39. The quantitative estimate of drug-likeness (QED) is 0.598. The molecule has 1 saturated heterocycles. The van der Waals surface area contributed by atoms with Crippen LogP contribution in [0.25, 0.3) is 0 Å². The first-order chi connectivity index (χ1) is 6.83. The van der Waals surface area contributed by atoms with Gasteiger partial charge in [0, 0.05) is 0 Å². The molecular formula is C12H26NO+. The van der Waals surface area contributed by atoms with Crippen LogP contribution in [0, 0.1) is 0 Å². The van der Waals surface area contributed by atoms with Gasteiger partial charge in [-0.25, -0.2) is 0 Å². The average Bonchev–Trinajstić information content (AvgIpc) is 2.25. The van der Waals surface area contributed by atoms with Crippen LogP contribution in [-0.2, 0) is 4.74 Å².